The molecule has 1 fully saturated rings. The third-order valence-electron chi connectivity index (χ3n) is 3.55. The zero-order chi connectivity index (χ0) is 13.7. The van der Waals surface area contributed by atoms with E-state index in [0.717, 1.165) is 0 Å². The SMILES string of the molecule is CC(O)CCCNC(=O)[C@H]1CC(C)C[C@H]1C(=O)O. The van der Waals surface area contributed by atoms with Crippen molar-refractivity contribution in [3.63, 3.8) is 0 Å². The van der Waals surface area contributed by atoms with E-state index in [2.05, 4.69) is 5.32 Å². The number of carbonyl (C=O) groups is 2. The fourth-order valence-corrected chi connectivity index (χ4v) is 2.59. The maximum atomic E-state index is 11.9. The lowest BCUT2D eigenvalue weighted by molar-refractivity contribution is -0.146. The summed E-state index contributed by atoms with van der Waals surface area (Å²) in [7, 11) is 0. The van der Waals surface area contributed by atoms with Crippen molar-refractivity contribution in [3.05, 3.63) is 0 Å². The van der Waals surface area contributed by atoms with Crippen molar-refractivity contribution in [2.75, 3.05) is 6.54 Å². The van der Waals surface area contributed by atoms with Gasteiger partial charge in [0.2, 0.25) is 5.91 Å². The Kier molecular flexibility index (Phi) is 5.59. The molecule has 18 heavy (non-hydrogen) atoms. The smallest absolute Gasteiger partial charge is 0.307 e. The van der Waals surface area contributed by atoms with Gasteiger partial charge in [0.05, 0.1) is 17.9 Å². The second-order valence-corrected chi connectivity index (χ2v) is 5.41. The summed E-state index contributed by atoms with van der Waals surface area (Å²) in [6, 6.07) is 0. The van der Waals surface area contributed by atoms with Crippen molar-refractivity contribution in [2.24, 2.45) is 17.8 Å². The molecule has 1 saturated carbocycles. The molecule has 3 N–H and O–H groups in total. The van der Waals surface area contributed by atoms with Crippen LogP contribution in [0.15, 0.2) is 0 Å². The Morgan fingerprint density at radius 2 is 1.94 bits per heavy atom. The fourth-order valence-electron chi connectivity index (χ4n) is 2.59. The molecule has 0 saturated heterocycles. The molecule has 0 bridgehead atoms. The largest absolute Gasteiger partial charge is 0.481 e. The van der Waals surface area contributed by atoms with Crippen LogP contribution in [-0.4, -0.2) is 34.7 Å². The van der Waals surface area contributed by atoms with E-state index < -0.39 is 17.8 Å². The summed E-state index contributed by atoms with van der Waals surface area (Å²) in [5, 5.41) is 20.9. The molecule has 5 heteroatoms. The van der Waals surface area contributed by atoms with Crippen LogP contribution >= 0.6 is 0 Å². The second kappa shape index (κ2) is 6.73. The van der Waals surface area contributed by atoms with Crippen LogP contribution in [0.3, 0.4) is 0 Å². The molecule has 104 valence electrons. The molecule has 0 aromatic heterocycles. The molecular weight excluding hydrogens is 234 g/mol. The molecule has 5 nitrogen and oxygen atoms in total. The van der Waals surface area contributed by atoms with Crippen LogP contribution in [0.1, 0.15) is 39.5 Å². The Balaban J connectivity index is 2.38. The Labute approximate surface area is 108 Å². The van der Waals surface area contributed by atoms with E-state index in [1.165, 1.54) is 0 Å². The van der Waals surface area contributed by atoms with Crippen molar-refractivity contribution >= 4 is 11.9 Å². The highest BCUT2D eigenvalue weighted by molar-refractivity contribution is 5.85. The van der Waals surface area contributed by atoms with E-state index in [4.69, 9.17) is 10.2 Å². The number of aliphatic carboxylic acids is 1. The van der Waals surface area contributed by atoms with Gasteiger partial charge in [0.1, 0.15) is 0 Å². The van der Waals surface area contributed by atoms with E-state index in [0.29, 0.717) is 38.1 Å². The number of amides is 1. The molecule has 1 amide bonds. The number of carboxylic acid groups (broad SMARTS) is 1. The second-order valence-electron chi connectivity index (χ2n) is 5.41. The van der Waals surface area contributed by atoms with Crippen molar-refractivity contribution in [2.45, 2.75) is 45.6 Å². The van der Waals surface area contributed by atoms with Crippen molar-refractivity contribution in [3.8, 4) is 0 Å². The van der Waals surface area contributed by atoms with Gasteiger partial charge in [-0.25, -0.2) is 0 Å². The maximum Gasteiger partial charge on any atom is 0.307 e. The van der Waals surface area contributed by atoms with E-state index in [-0.39, 0.29) is 12.0 Å². The minimum absolute atomic E-state index is 0.155. The normalized spacial score (nSPS) is 28.9. The van der Waals surface area contributed by atoms with Crippen LogP contribution in [0.2, 0.25) is 0 Å². The van der Waals surface area contributed by atoms with Crippen molar-refractivity contribution < 1.29 is 19.8 Å². The molecule has 0 aromatic rings. The van der Waals surface area contributed by atoms with Crippen LogP contribution in [0.5, 0.6) is 0 Å². The van der Waals surface area contributed by atoms with Gasteiger partial charge in [-0.1, -0.05) is 6.92 Å². The van der Waals surface area contributed by atoms with Crippen LogP contribution in [0.4, 0.5) is 0 Å². The molecular formula is C13H23NO4. The highest BCUT2D eigenvalue weighted by atomic mass is 16.4. The van der Waals surface area contributed by atoms with Gasteiger partial charge in [-0.2, -0.15) is 0 Å². The van der Waals surface area contributed by atoms with E-state index >= 15 is 0 Å². The first-order chi connectivity index (χ1) is 8.41. The molecule has 0 radical (unpaired) electrons. The first kappa shape index (κ1) is 15.0. The third-order valence-corrected chi connectivity index (χ3v) is 3.55. The van der Waals surface area contributed by atoms with Gasteiger partial charge in [-0.15, -0.1) is 0 Å². The molecule has 4 atom stereocenters. The van der Waals surface area contributed by atoms with Crippen molar-refractivity contribution in [1.82, 2.24) is 5.32 Å². The number of carboxylic acids is 1. The highest BCUT2D eigenvalue weighted by Crippen LogP contribution is 2.36. The summed E-state index contributed by atoms with van der Waals surface area (Å²) < 4.78 is 0. The predicted molar refractivity (Wildman–Crippen MR) is 66.9 cm³/mol. The van der Waals surface area contributed by atoms with Crippen LogP contribution in [0, 0.1) is 17.8 Å². The van der Waals surface area contributed by atoms with Gasteiger partial charge in [0.25, 0.3) is 0 Å². The lowest BCUT2D eigenvalue weighted by Crippen LogP contribution is -2.35. The summed E-state index contributed by atoms with van der Waals surface area (Å²) in [5.74, 6) is -1.68. The molecule has 0 spiro atoms. The minimum Gasteiger partial charge on any atom is -0.481 e. The Hall–Kier alpha value is -1.10. The maximum absolute atomic E-state index is 11.9. The monoisotopic (exact) mass is 257 g/mol. The van der Waals surface area contributed by atoms with E-state index in [9.17, 15) is 9.59 Å². The number of aliphatic hydroxyl groups is 1. The Morgan fingerprint density at radius 1 is 1.33 bits per heavy atom. The van der Waals surface area contributed by atoms with Gasteiger partial charge in [0.15, 0.2) is 0 Å². The summed E-state index contributed by atoms with van der Waals surface area (Å²) >= 11 is 0. The average Bonchev–Trinajstić information content (AvgIpc) is 2.66. The Morgan fingerprint density at radius 3 is 2.50 bits per heavy atom. The van der Waals surface area contributed by atoms with Crippen LogP contribution in [-0.2, 0) is 9.59 Å². The molecule has 1 rings (SSSR count). The summed E-state index contributed by atoms with van der Waals surface area (Å²) in [4.78, 5) is 23.0. The molecule has 0 heterocycles. The van der Waals surface area contributed by atoms with Gasteiger partial charge in [-0.3, -0.25) is 9.59 Å². The van der Waals surface area contributed by atoms with Crippen LogP contribution in [0.25, 0.3) is 0 Å². The van der Waals surface area contributed by atoms with E-state index in [1.807, 2.05) is 6.92 Å². The van der Waals surface area contributed by atoms with Gasteiger partial charge in [0, 0.05) is 6.54 Å². The van der Waals surface area contributed by atoms with Crippen molar-refractivity contribution in [1.29, 1.82) is 0 Å². The zero-order valence-corrected chi connectivity index (χ0v) is 11.1. The summed E-state index contributed by atoms with van der Waals surface area (Å²) in [5.41, 5.74) is 0. The van der Waals surface area contributed by atoms with Gasteiger partial charge in [-0.05, 0) is 38.5 Å². The predicted octanol–water partition coefficient (Wildman–Crippen LogP) is 1.01. The lowest BCUT2D eigenvalue weighted by Gasteiger charge is -2.15. The molecule has 2 unspecified atom stereocenters. The molecule has 0 aliphatic heterocycles. The number of carbonyl (C=O) groups excluding carboxylic acids is 1. The third kappa shape index (κ3) is 4.29. The molecule has 0 aromatic carbocycles. The molecule has 1 aliphatic rings. The quantitative estimate of drug-likeness (QED) is 0.620. The fraction of sp³-hybridized carbons (Fsp3) is 0.846. The molecule has 1 aliphatic carbocycles. The highest BCUT2D eigenvalue weighted by Gasteiger charge is 2.40. The number of rotatable bonds is 6. The number of aliphatic hydroxyl groups excluding tert-OH is 1. The Bertz CT molecular complexity index is 303. The number of hydrogen-bond acceptors (Lipinski definition) is 3. The number of nitrogens with one attached hydrogen (secondary N) is 1. The minimum atomic E-state index is -0.872. The average molecular weight is 257 g/mol. The standard InChI is InChI=1S/C13H23NO4/c1-8-6-10(11(7-8)13(17)18)12(16)14-5-3-4-9(2)15/h8-11,15H,3-7H2,1-2H3,(H,14,16)(H,17,18)/t8?,9?,10-,11+/m0/s1. The summed E-state index contributed by atoms with van der Waals surface area (Å²) in [6.45, 7) is 4.19. The lowest BCUT2D eigenvalue weighted by atomic mass is 9.95. The van der Waals surface area contributed by atoms with E-state index in [1.54, 1.807) is 6.92 Å². The van der Waals surface area contributed by atoms with Gasteiger partial charge >= 0.3 is 5.97 Å². The first-order valence-corrected chi connectivity index (χ1v) is 6.60. The number of hydrogen-bond donors (Lipinski definition) is 3. The summed E-state index contributed by atoms with van der Waals surface area (Å²) in [6.07, 6.45) is 2.23. The zero-order valence-electron chi connectivity index (χ0n) is 11.1. The topological polar surface area (TPSA) is 86.6 Å². The van der Waals surface area contributed by atoms with Crippen LogP contribution < -0.4 is 5.32 Å². The van der Waals surface area contributed by atoms with Gasteiger partial charge < -0.3 is 15.5 Å². The first-order valence-electron chi connectivity index (χ1n) is 6.60.